The Labute approximate surface area is 215 Å². The molecule has 6 heteroatoms. The average Bonchev–Trinajstić information content (AvgIpc) is 2.96. The van der Waals surface area contributed by atoms with Crippen LogP contribution in [0.5, 0.6) is 11.5 Å². The summed E-state index contributed by atoms with van der Waals surface area (Å²) in [6, 6.07) is 36.6. The molecule has 1 aromatic heterocycles. The highest BCUT2D eigenvalue weighted by Crippen LogP contribution is 2.29. The number of amides is 1. The number of fused-ring (bicyclic) bond motifs is 1. The molecule has 0 aliphatic carbocycles. The van der Waals surface area contributed by atoms with E-state index < -0.39 is 0 Å². The smallest absolute Gasteiger partial charge is 0.289 e. The van der Waals surface area contributed by atoms with Gasteiger partial charge < -0.3 is 9.47 Å². The molecule has 0 aliphatic heterocycles. The molecule has 1 heterocycles. The van der Waals surface area contributed by atoms with E-state index in [-0.39, 0.29) is 5.91 Å². The lowest BCUT2D eigenvalue weighted by Gasteiger charge is -2.14. The summed E-state index contributed by atoms with van der Waals surface area (Å²) in [4.78, 5) is 16.9. The molecule has 1 N–H and O–H groups in total. The summed E-state index contributed by atoms with van der Waals surface area (Å²) >= 11 is 0. The van der Waals surface area contributed by atoms with Crippen LogP contribution in [0.1, 0.15) is 27.2 Å². The number of ether oxygens (including phenoxy) is 2. The summed E-state index contributed by atoms with van der Waals surface area (Å²) in [7, 11) is 0. The number of nitrogens with one attached hydrogen (secondary N) is 1. The molecule has 37 heavy (non-hydrogen) atoms. The lowest BCUT2D eigenvalue weighted by atomic mass is 10.2. The highest BCUT2D eigenvalue weighted by atomic mass is 16.5. The Hall–Kier alpha value is -4.97. The molecule has 5 rings (SSSR count). The molecule has 0 radical (unpaired) electrons. The number of rotatable bonds is 9. The maximum atomic E-state index is 12.5. The Bertz CT molecular complexity index is 1520. The Morgan fingerprint density at radius 2 is 1.38 bits per heavy atom. The van der Waals surface area contributed by atoms with E-state index in [1.165, 1.54) is 0 Å². The van der Waals surface area contributed by atoms with E-state index >= 15 is 0 Å². The van der Waals surface area contributed by atoms with E-state index in [1.54, 1.807) is 12.3 Å². The second kappa shape index (κ2) is 11.6. The SMILES string of the molecule is O=C(N/N=C\c1ccc(OCc2ccccc2)c(OCc2ccccc2)c1)c1ccc2ccccc2n1. The van der Waals surface area contributed by atoms with Crippen LogP contribution in [0.3, 0.4) is 0 Å². The van der Waals surface area contributed by atoms with Gasteiger partial charge in [-0.25, -0.2) is 10.4 Å². The van der Waals surface area contributed by atoms with Crippen LogP contribution in [0.15, 0.2) is 120 Å². The first-order chi connectivity index (χ1) is 18.2. The van der Waals surface area contributed by atoms with Crippen LogP contribution in [0.25, 0.3) is 10.9 Å². The Morgan fingerprint density at radius 3 is 2.11 bits per heavy atom. The molecular weight excluding hydrogens is 462 g/mol. The number of benzene rings is 4. The Kier molecular flexibility index (Phi) is 7.47. The lowest BCUT2D eigenvalue weighted by molar-refractivity contribution is 0.0950. The van der Waals surface area contributed by atoms with Crippen molar-refractivity contribution in [1.82, 2.24) is 10.4 Å². The largest absolute Gasteiger partial charge is 0.485 e. The number of hydrazone groups is 1. The van der Waals surface area contributed by atoms with Crippen molar-refractivity contribution in [2.45, 2.75) is 13.2 Å². The van der Waals surface area contributed by atoms with Crippen molar-refractivity contribution in [2.24, 2.45) is 5.10 Å². The summed E-state index contributed by atoms with van der Waals surface area (Å²) in [5.41, 5.74) is 6.46. The second-order valence-corrected chi connectivity index (χ2v) is 8.34. The van der Waals surface area contributed by atoms with Gasteiger partial charge in [0.2, 0.25) is 0 Å². The van der Waals surface area contributed by atoms with Gasteiger partial charge in [-0.1, -0.05) is 84.9 Å². The van der Waals surface area contributed by atoms with Crippen LogP contribution >= 0.6 is 0 Å². The molecule has 0 atom stereocenters. The standard InChI is InChI=1S/C31H25N3O3/c35-31(28-17-16-26-13-7-8-14-27(26)33-28)34-32-20-25-15-18-29(36-21-23-9-3-1-4-10-23)30(19-25)37-22-24-11-5-2-6-12-24/h1-20H,21-22H2,(H,34,35)/b32-20-. The predicted octanol–water partition coefficient (Wildman–Crippen LogP) is 6.16. The third kappa shape index (κ3) is 6.38. The first kappa shape index (κ1) is 23.8. The van der Waals surface area contributed by atoms with Gasteiger partial charge in [-0.15, -0.1) is 0 Å². The van der Waals surface area contributed by atoms with E-state index in [2.05, 4.69) is 15.5 Å². The van der Waals surface area contributed by atoms with Crippen LogP contribution in [-0.4, -0.2) is 17.1 Å². The van der Waals surface area contributed by atoms with Gasteiger partial charge in [0, 0.05) is 5.39 Å². The van der Waals surface area contributed by atoms with Crippen molar-refractivity contribution in [3.8, 4) is 11.5 Å². The van der Waals surface area contributed by atoms with Crippen LogP contribution in [0, 0.1) is 0 Å². The van der Waals surface area contributed by atoms with Gasteiger partial charge >= 0.3 is 0 Å². The molecule has 4 aromatic carbocycles. The van der Waals surface area contributed by atoms with E-state index in [4.69, 9.17) is 9.47 Å². The fourth-order valence-corrected chi connectivity index (χ4v) is 3.72. The van der Waals surface area contributed by atoms with Gasteiger partial charge in [-0.2, -0.15) is 5.10 Å². The van der Waals surface area contributed by atoms with E-state index in [0.29, 0.717) is 30.4 Å². The molecule has 0 aliphatic rings. The molecule has 0 spiro atoms. The van der Waals surface area contributed by atoms with E-state index in [0.717, 1.165) is 27.6 Å². The minimum Gasteiger partial charge on any atom is -0.485 e. The van der Waals surface area contributed by atoms with E-state index in [1.807, 2.05) is 109 Å². The molecule has 0 fully saturated rings. The maximum absolute atomic E-state index is 12.5. The molecular formula is C31H25N3O3. The summed E-state index contributed by atoms with van der Waals surface area (Å²) in [6.45, 7) is 0.818. The first-order valence-electron chi connectivity index (χ1n) is 11.9. The number of hydrogen-bond donors (Lipinski definition) is 1. The quantitative estimate of drug-likeness (QED) is 0.200. The highest BCUT2D eigenvalue weighted by molar-refractivity contribution is 5.95. The molecule has 0 saturated carbocycles. The predicted molar refractivity (Wildman–Crippen MR) is 145 cm³/mol. The number of para-hydroxylation sites is 1. The van der Waals surface area contributed by atoms with Crippen LogP contribution in [-0.2, 0) is 13.2 Å². The number of hydrogen-bond acceptors (Lipinski definition) is 5. The molecule has 1 amide bonds. The fourth-order valence-electron chi connectivity index (χ4n) is 3.72. The highest BCUT2D eigenvalue weighted by Gasteiger charge is 2.09. The first-order valence-corrected chi connectivity index (χ1v) is 11.9. The van der Waals surface area contributed by atoms with Crippen molar-refractivity contribution in [2.75, 3.05) is 0 Å². The Morgan fingerprint density at radius 1 is 0.730 bits per heavy atom. The van der Waals surface area contributed by atoms with E-state index in [9.17, 15) is 4.79 Å². The molecule has 182 valence electrons. The van der Waals surface area contributed by atoms with Crippen molar-refractivity contribution in [3.63, 3.8) is 0 Å². The average molecular weight is 488 g/mol. The summed E-state index contributed by atoms with van der Waals surface area (Å²) in [6.07, 6.45) is 1.56. The monoisotopic (exact) mass is 487 g/mol. The third-order valence-electron chi connectivity index (χ3n) is 5.65. The van der Waals surface area contributed by atoms with Gasteiger partial charge in [0.1, 0.15) is 18.9 Å². The minimum absolute atomic E-state index is 0.299. The number of aromatic nitrogens is 1. The van der Waals surface area contributed by atoms with Crippen LogP contribution in [0.2, 0.25) is 0 Å². The number of pyridine rings is 1. The Balaban J connectivity index is 1.29. The number of carbonyl (C=O) groups is 1. The normalized spacial score (nSPS) is 10.9. The third-order valence-corrected chi connectivity index (χ3v) is 5.65. The molecule has 0 bridgehead atoms. The van der Waals surface area contributed by atoms with Crippen molar-refractivity contribution < 1.29 is 14.3 Å². The molecule has 5 aromatic rings. The molecule has 6 nitrogen and oxygen atoms in total. The van der Waals surface area contributed by atoms with Gasteiger partial charge in [-0.3, -0.25) is 4.79 Å². The van der Waals surface area contributed by atoms with Crippen molar-refractivity contribution in [1.29, 1.82) is 0 Å². The van der Waals surface area contributed by atoms with Crippen LogP contribution < -0.4 is 14.9 Å². The minimum atomic E-state index is -0.384. The van der Waals surface area contributed by atoms with Crippen LogP contribution in [0.4, 0.5) is 0 Å². The maximum Gasteiger partial charge on any atom is 0.289 e. The molecule has 0 unspecified atom stereocenters. The summed E-state index contributed by atoms with van der Waals surface area (Å²) in [5, 5.41) is 5.09. The molecule has 0 saturated heterocycles. The van der Waals surface area contributed by atoms with Gasteiger partial charge in [0.15, 0.2) is 11.5 Å². The zero-order chi connectivity index (χ0) is 25.3. The number of carbonyl (C=O) groups excluding carboxylic acids is 1. The zero-order valence-electron chi connectivity index (χ0n) is 20.1. The van der Waals surface area contributed by atoms with Crippen molar-refractivity contribution in [3.05, 3.63) is 138 Å². The summed E-state index contributed by atoms with van der Waals surface area (Å²) < 4.78 is 12.2. The fraction of sp³-hybridized carbons (Fsp3) is 0.0645. The van der Waals surface area contributed by atoms with Gasteiger partial charge in [0.05, 0.1) is 11.7 Å². The number of nitrogens with zero attached hydrogens (tertiary/aromatic N) is 2. The second-order valence-electron chi connectivity index (χ2n) is 8.34. The van der Waals surface area contributed by atoms with Crippen molar-refractivity contribution >= 4 is 23.0 Å². The zero-order valence-corrected chi connectivity index (χ0v) is 20.1. The summed E-state index contributed by atoms with van der Waals surface area (Å²) in [5.74, 6) is 0.831. The van der Waals surface area contributed by atoms with Gasteiger partial charge in [-0.05, 0) is 47.0 Å². The topological polar surface area (TPSA) is 72.8 Å². The van der Waals surface area contributed by atoms with Gasteiger partial charge in [0.25, 0.3) is 5.91 Å². The lowest BCUT2D eigenvalue weighted by Crippen LogP contribution is -2.18.